The molecule has 0 fully saturated rings. The summed E-state index contributed by atoms with van der Waals surface area (Å²) in [6.45, 7) is 6.04. The number of hydrogen-bond donors (Lipinski definition) is 2. The van der Waals surface area contributed by atoms with E-state index in [-0.39, 0.29) is 12.4 Å². The monoisotopic (exact) mass is 236 g/mol. The zero-order valence-electron chi connectivity index (χ0n) is 9.27. The average molecular weight is 237 g/mol. The molecule has 0 spiro atoms. The third-order valence-electron chi connectivity index (χ3n) is 1.76. The van der Waals surface area contributed by atoms with E-state index >= 15 is 0 Å². The largest absolute Gasteiger partial charge is 0.368 e. The van der Waals surface area contributed by atoms with Gasteiger partial charge < -0.3 is 11.5 Å². The van der Waals surface area contributed by atoms with Crippen LogP contribution >= 0.6 is 12.4 Å². The van der Waals surface area contributed by atoms with Crippen molar-refractivity contribution in [1.82, 2.24) is 0 Å². The predicted octanol–water partition coefficient (Wildman–Crippen LogP) is 0.388. The number of azo groups is 1. The third kappa shape index (κ3) is 4.73. The first-order chi connectivity index (χ1) is 6.09. The van der Waals surface area contributed by atoms with Gasteiger partial charge >= 0.3 is 0 Å². The van der Waals surface area contributed by atoms with Crippen molar-refractivity contribution in [2.24, 2.45) is 21.7 Å². The molecule has 15 heavy (non-hydrogen) atoms. The fraction of sp³-hybridized carbons (Fsp3) is 0.750. The minimum atomic E-state index is -1.12. The van der Waals surface area contributed by atoms with Crippen LogP contribution in [0.3, 0.4) is 0 Å². The molecular weight excluding hydrogens is 220 g/mol. The molecule has 6 nitrogen and oxygen atoms in total. The number of carbonyl (C=O) groups is 2. The second-order valence-corrected chi connectivity index (χ2v) is 4.05. The Labute approximate surface area is 94.9 Å². The van der Waals surface area contributed by atoms with E-state index in [9.17, 15) is 9.59 Å². The van der Waals surface area contributed by atoms with Crippen molar-refractivity contribution in [2.45, 2.75) is 38.8 Å². The van der Waals surface area contributed by atoms with Crippen LogP contribution in [-0.2, 0) is 9.59 Å². The molecule has 0 aliphatic rings. The van der Waals surface area contributed by atoms with Gasteiger partial charge in [-0.05, 0) is 27.7 Å². The molecule has 0 aromatic heterocycles. The van der Waals surface area contributed by atoms with Gasteiger partial charge in [0.15, 0.2) is 11.1 Å². The zero-order chi connectivity index (χ0) is 11.6. The van der Waals surface area contributed by atoms with E-state index in [1.807, 2.05) is 0 Å². The van der Waals surface area contributed by atoms with Gasteiger partial charge in [-0.1, -0.05) is 0 Å². The normalized spacial score (nSPS) is 12.3. The van der Waals surface area contributed by atoms with Gasteiger partial charge in [0.05, 0.1) is 0 Å². The van der Waals surface area contributed by atoms with Crippen LogP contribution in [0.2, 0.25) is 0 Å². The lowest BCUT2D eigenvalue weighted by atomic mass is 10.1. The number of hydrogen-bond acceptors (Lipinski definition) is 4. The summed E-state index contributed by atoms with van der Waals surface area (Å²) in [5.41, 5.74) is 7.90. The number of halogens is 1. The SMILES string of the molecule is CC(C)(N=NC(C)(C)C(N)=O)C(N)=O.Cl. The highest BCUT2D eigenvalue weighted by Gasteiger charge is 2.29. The van der Waals surface area contributed by atoms with Crippen molar-refractivity contribution in [3.63, 3.8) is 0 Å². The van der Waals surface area contributed by atoms with Crippen LogP contribution in [0.15, 0.2) is 10.2 Å². The van der Waals surface area contributed by atoms with Gasteiger partial charge in [-0.15, -0.1) is 12.4 Å². The van der Waals surface area contributed by atoms with Gasteiger partial charge in [-0.3, -0.25) is 9.59 Å². The number of amides is 2. The van der Waals surface area contributed by atoms with Gasteiger partial charge in [0.2, 0.25) is 11.8 Å². The Hall–Kier alpha value is -1.17. The Morgan fingerprint density at radius 1 is 0.867 bits per heavy atom. The fourth-order valence-electron chi connectivity index (χ4n) is 0.349. The number of carbonyl (C=O) groups excluding carboxylic acids is 2. The Morgan fingerprint density at radius 2 is 1.07 bits per heavy atom. The van der Waals surface area contributed by atoms with Crippen molar-refractivity contribution in [3.8, 4) is 0 Å². The van der Waals surface area contributed by atoms with Crippen molar-refractivity contribution in [2.75, 3.05) is 0 Å². The van der Waals surface area contributed by atoms with E-state index in [0.29, 0.717) is 0 Å². The van der Waals surface area contributed by atoms with Crippen LogP contribution in [0, 0.1) is 0 Å². The summed E-state index contributed by atoms with van der Waals surface area (Å²) in [4.78, 5) is 21.7. The maximum Gasteiger partial charge on any atom is 0.246 e. The molecule has 0 saturated heterocycles. The fourth-order valence-corrected chi connectivity index (χ4v) is 0.349. The van der Waals surface area contributed by atoms with Crippen LogP contribution in [-0.4, -0.2) is 22.9 Å². The third-order valence-corrected chi connectivity index (χ3v) is 1.76. The Kier molecular flexibility index (Phi) is 5.49. The van der Waals surface area contributed by atoms with Crippen LogP contribution in [0.25, 0.3) is 0 Å². The highest BCUT2D eigenvalue weighted by molar-refractivity contribution is 5.85. The minimum absolute atomic E-state index is 0. The van der Waals surface area contributed by atoms with E-state index in [2.05, 4.69) is 10.2 Å². The lowest BCUT2D eigenvalue weighted by Gasteiger charge is -2.17. The lowest BCUT2D eigenvalue weighted by molar-refractivity contribution is -0.124. The van der Waals surface area contributed by atoms with Gasteiger partial charge in [-0.25, -0.2) is 0 Å². The summed E-state index contributed by atoms with van der Waals surface area (Å²) < 4.78 is 0. The molecule has 0 unspecified atom stereocenters. The van der Waals surface area contributed by atoms with Gasteiger partial charge in [-0.2, -0.15) is 10.2 Å². The number of nitrogens with zero attached hydrogens (tertiary/aromatic N) is 2. The number of nitrogens with two attached hydrogens (primary N) is 2. The van der Waals surface area contributed by atoms with Crippen LogP contribution < -0.4 is 11.5 Å². The molecule has 7 heteroatoms. The molecule has 0 rings (SSSR count). The molecule has 0 aliphatic carbocycles. The zero-order valence-corrected chi connectivity index (χ0v) is 10.1. The molecule has 0 aromatic carbocycles. The number of primary amides is 2. The van der Waals surface area contributed by atoms with Crippen LogP contribution in [0.1, 0.15) is 27.7 Å². The van der Waals surface area contributed by atoms with E-state index in [4.69, 9.17) is 11.5 Å². The van der Waals surface area contributed by atoms with Crippen LogP contribution in [0.5, 0.6) is 0 Å². The average Bonchev–Trinajstić information content (AvgIpc) is 2.01. The van der Waals surface area contributed by atoms with Gasteiger partial charge in [0.1, 0.15) is 0 Å². The summed E-state index contributed by atoms with van der Waals surface area (Å²) >= 11 is 0. The Morgan fingerprint density at radius 3 is 1.20 bits per heavy atom. The summed E-state index contributed by atoms with van der Waals surface area (Å²) in [5.74, 6) is -1.22. The van der Waals surface area contributed by atoms with Crippen molar-refractivity contribution in [1.29, 1.82) is 0 Å². The molecule has 2 amide bonds. The van der Waals surface area contributed by atoms with Crippen molar-refractivity contribution < 1.29 is 9.59 Å². The quantitative estimate of drug-likeness (QED) is 0.688. The summed E-state index contributed by atoms with van der Waals surface area (Å²) in [5, 5.41) is 7.40. The molecule has 88 valence electrons. The first-order valence-electron chi connectivity index (χ1n) is 4.13. The van der Waals surface area contributed by atoms with E-state index < -0.39 is 22.9 Å². The summed E-state index contributed by atoms with van der Waals surface area (Å²) in [6.07, 6.45) is 0. The second-order valence-electron chi connectivity index (χ2n) is 4.05. The Bertz CT molecular complexity index is 258. The standard InChI is InChI=1S/C8H16N4O2.ClH/c1-7(2,5(9)13)11-12-8(3,4)6(10)14;/h1-4H3,(H2,9,13)(H2,10,14);1H. The van der Waals surface area contributed by atoms with Gasteiger partial charge in [0, 0.05) is 0 Å². The predicted molar refractivity (Wildman–Crippen MR) is 58.7 cm³/mol. The Balaban J connectivity index is 0. The summed E-state index contributed by atoms with van der Waals surface area (Å²) in [7, 11) is 0. The second kappa shape index (κ2) is 5.06. The van der Waals surface area contributed by atoms with Crippen LogP contribution in [0.4, 0.5) is 0 Å². The molecule has 0 aliphatic heterocycles. The molecule has 4 N–H and O–H groups in total. The van der Waals surface area contributed by atoms with E-state index in [0.717, 1.165) is 0 Å². The highest BCUT2D eigenvalue weighted by Crippen LogP contribution is 2.14. The van der Waals surface area contributed by atoms with Gasteiger partial charge in [0.25, 0.3) is 0 Å². The molecule has 0 atom stereocenters. The maximum absolute atomic E-state index is 10.9. The smallest absolute Gasteiger partial charge is 0.246 e. The van der Waals surface area contributed by atoms with E-state index in [1.165, 1.54) is 27.7 Å². The lowest BCUT2D eigenvalue weighted by Crippen LogP contribution is -2.39. The topological polar surface area (TPSA) is 111 Å². The molecule has 0 aromatic rings. The summed E-state index contributed by atoms with van der Waals surface area (Å²) in [6, 6.07) is 0. The molecule has 0 radical (unpaired) electrons. The van der Waals surface area contributed by atoms with E-state index in [1.54, 1.807) is 0 Å². The van der Waals surface area contributed by atoms with Crippen molar-refractivity contribution in [3.05, 3.63) is 0 Å². The first kappa shape index (κ1) is 16.3. The number of rotatable bonds is 4. The molecule has 0 bridgehead atoms. The maximum atomic E-state index is 10.9. The molecule has 0 heterocycles. The minimum Gasteiger partial charge on any atom is -0.368 e. The molecular formula is C8H17ClN4O2. The highest BCUT2D eigenvalue weighted by atomic mass is 35.5. The first-order valence-corrected chi connectivity index (χ1v) is 4.13. The van der Waals surface area contributed by atoms with Crippen molar-refractivity contribution >= 4 is 24.2 Å². The molecule has 0 saturated carbocycles.